The molecule has 19 heavy (non-hydrogen) atoms. The van der Waals surface area contributed by atoms with E-state index >= 15 is 0 Å². The SMILES string of the molecule is O=C(NC1CCCNC1)c1ccc(SC(F)F)cc1. The Morgan fingerprint density at radius 3 is 2.68 bits per heavy atom. The van der Waals surface area contributed by atoms with Crippen LogP contribution in [0.3, 0.4) is 0 Å². The van der Waals surface area contributed by atoms with Crippen LogP contribution in [-0.2, 0) is 0 Å². The molecule has 1 aromatic carbocycles. The van der Waals surface area contributed by atoms with E-state index in [-0.39, 0.29) is 11.9 Å². The van der Waals surface area contributed by atoms with Gasteiger partial charge in [-0.2, -0.15) is 8.78 Å². The van der Waals surface area contributed by atoms with E-state index in [1.807, 2.05) is 0 Å². The van der Waals surface area contributed by atoms with Crippen molar-refractivity contribution in [3.63, 3.8) is 0 Å². The first-order chi connectivity index (χ1) is 9.15. The van der Waals surface area contributed by atoms with E-state index in [9.17, 15) is 13.6 Å². The summed E-state index contributed by atoms with van der Waals surface area (Å²) in [5, 5.41) is 6.16. The molecule has 6 heteroatoms. The Kier molecular flexibility index (Phi) is 5.15. The van der Waals surface area contributed by atoms with Crippen molar-refractivity contribution in [3.05, 3.63) is 29.8 Å². The van der Waals surface area contributed by atoms with Gasteiger partial charge in [0, 0.05) is 23.0 Å². The minimum absolute atomic E-state index is 0.149. The molecule has 104 valence electrons. The molecule has 1 saturated heterocycles. The van der Waals surface area contributed by atoms with Gasteiger partial charge in [0.2, 0.25) is 0 Å². The third-order valence-corrected chi connectivity index (χ3v) is 3.70. The Balaban J connectivity index is 1.91. The van der Waals surface area contributed by atoms with Gasteiger partial charge in [-0.1, -0.05) is 11.8 Å². The molecule has 1 heterocycles. The van der Waals surface area contributed by atoms with Crippen LogP contribution in [0, 0.1) is 0 Å². The van der Waals surface area contributed by atoms with Gasteiger partial charge in [-0.05, 0) is 43.7 Å². The maximum Gasteiger partial charge on any atom is 0.288 e. The Morgan fingerprint density at radius 2 is 2.11 bits per heavy atom. The van der Waals surface area contributed by atoms with Crippen LogP contribution in [-0.4, -0.2) is 30.8 Å². The first-order valence-corrected chi connectivity index (χ1v) is 7.09. The topological polar surface area (TPSA) is 41.1 Å². The lowest BCUT2D eigenvalue weighted by molar-refractivity contribution is 0.0930. The van der Waals surface area contributed by atoms with Gasteiger partial charge in [0.05, 0.1) is 0 Å². The van der Waals surface area contributed by atoms with E-state index in [4.69, 9.17) is 0 Å². The van der Waals surface area contributed by atoms with Crippen LogP contribution in [0.2, 0.25) is 0 Å². The molecular weight excluding hydrogens is 270 g/mol. The van der Waals surface area contributed by atoms with E-state index in [0.717, 1.165) is 25.9 Å². The normalized spacial score (nSPS) is 19.4. The minimum Gasteiger partial charge on any atom is -0.348 e. The lowest BCUT2D eigenvalue weighted by Gasteiger charge is -2.23. The molecule has 1 aliphatic rings. The molecule has 0 saturated carbocycles. The van der Waals surface area contributed by atoms with Gasteiger partial charge in [-0.3, -0.25) is 4.79 Å². The Labute approximate surface area is 115 Å². The summed E-state index contributed by atoms with van der Waals surface area (Å²) in [6.45, 7) is 1.77. The summed E-state index contributed by atoms with van der Waals surface area (Å²) >= 11 is 0.479. The summed E-state index contributed by atoms with van der Waals surface area (Å²) < 4.78 is 24.3. The fourth-order valence-electron chi connectivity index (χ4n) is 2.03. The monoisotopic (exact) mass is 286 g/mol. The highest BCUT2D eigenvalue weighted by molar-refractivity contribution is 7.99. The Bertz CT molecular complexity index is 419. The molecule has 0 spiro atoms. The number of halogens is 2. The summed E-state index contributed by atoms with van der Waals surface area (Å²) in [5.74, 6) is -2.59. The fourth-order valence-corrected chi connectivity index (χ4v) is 2.53. The average Bonchev–Trinajstić information content (AvgIpc) is 2.40. The van der Waals surface area contributed by atoms with Gasteiger partial charge in [0.15, 0.2) is 0 Å². The average molecular weight is 286 g/mol. The summed E-state index contributed by atoms with van der Waals surface area (Å²) in [6, 6.07) is 6.40. The first-order valence-electron chi connectivity index (χ1n) is 6.21. The third kappa shape index (κ3) is 4.47. The van der Waals surface area contributed by atoms with Crippen LogP contribution >= 0.6 is 11.8 Å². The lowest BCUT2D eigenvalue weighted by atomic mass is 10.1. The predicted molar refractivity (Wildman–Crippen MR) is 71.7 cm³/mol. The molecule has 1 aromatic rings. The van der Waals surface area contributed by atoms with E-state index in [2.05, 4.69) is 10.6 Å². The molecule has 1 atom stereocenters. The quantitative estimate of drug-likeness (QED) is 0.836. The van der Waals surface area contributed by atoms with Crippen LogP contribution in [0.5, 0.6) is 0 Å². The number of nitrogens with one attached hydrogen (secondary N) is 2. The van der Waals surface area contributed by atoms with E-state index in [1.54, 1.807) is 24.3 Å². The second kappa shape index (κ2) is 6.86. The number of alkyl halides is 2. The standard InChI is InChI=1S/C13H16F2N2OS/c14-13(15)19-11-5-3-9(4-6-11)12(18)17-10-2-1-7-16-8-10/h3-6,10,13,16H,1-2,7-8H2,(H,17,18). The second-order valence-electron chi connectivity index (χ2n) is 4.42. The Hall–Kier alpha value is -1.14. The highest BCUT2D eigenvalue weighted by atomic mass is 32.2. The minimum atomic E-state index is -2.44. The van der Waals surface area contributed by atoms with Crippen molar-refractivity contribution in [1.82, 2.24) is 10.6 Å². The highest BCUT2D eigenvalue weighted by Crippen LogP contribution is 2.25. The molecule has 3 nitrogen and oxygen atoms in total. The number of rotatable bonds is 4. The molecule has 0 aliphatic carbocycles. The number of piperidine rings is 1. The van der Waals surface area contributed by atoms with E-state index in [0.29, 0.717) is 22.2 Å². The van der Waals surface area contributed by atoms with Gasteiger partial charge < -0.3 is 10.6 Å². The maximum absolute atomic E-state index is 12.2. The lowest BCUT2D eigenvalue weighted by Crippen LogP contribution is -2.45. The molecule has 1 amide bonds. The number of carbonyl (C=O) groups is 1. The van der Waals surface area contributed by atoms with Crippen molar-refractivity contribution < 1.29 is 13.6 Å². The molecule has 2 rings (SSSR count). The number of thioether (sulfide) groups is 1. The zero-order chi connectivity index (χ0) is 13.7. The highest BCUT2D eigenvalue weighted by Gasteiger charge is 2.16. The van der Waals surface area contributed by atoms with Crippen molar-refractivity contribution in [1.29, 1.82) is 0 Å². The van der Waals surface area contributed by atoms with Crippen LogP contribution in [0.4, 0.5) is 8.78 Å². The van der Waals surface area contributed by atoms with E-state index < -0.39 is 5.76 Å². The van der Waals surface area contributed by atoms with Crippen LogP contribution in [0.1, 0.15) is 23.2 Å². The molecule has 1 unspecified atom stereocenters. The summed E-state index contributed by atoms with van der Waals surface area (Å²) in [4.78, 5) is 12.4. The first kappa shape index (κ1) is 14.3. The smallest absolute Gasteiger partial charge is 0.288 e. The summed E-state index contributed by atoms with van der Waals surface area (Å²) in [7, 11) is 0. The van der Waals surface area contributed by atoms with Crippen molar-refractivity contribution >= 4 is 17.7 Å². The third-order valence-electron chi connectivity index (χ3n) is 2.97. The molecule has 0 bridgehead atoms. The molecule has 0 aromatic heterocycles. The predicted octanol–water partition coefficient (Wildman–Crippen LogP) is 2.48. The summed E-state index contributed by atoms with van der Waals surface area (Å²) in [6.07, 6.45) is 2.02. The Morgan fingerprint density at radius 1 is 1.37 bits per heavy atom. The number of amides is 1. The van der Waals surface area contributed by atoms with Gasteiger partial charge in [-0.15, -0.1) is 0 Å². The van der Waals surface area contributed by atoms with Gasteiger partial charge >= 0.3 is 0 Å². The second-order valence-corrected chi connectivity index (χ2v) is 5.48. The molecule has 2 N–H and O–H groups in total. The van der Waals surface area contributed by atoms with Crippen LogP contribution in [0.25, 0.3) is 0 Å². The van der Waals surface area contributed by atoms with Crippen molar-refractivity contribution in [2.45, 2.75) is 29.5 Å². The zero-order valence-electron chi connectivity index (χ0n) is 10.4. The van der Waals surface area contributed by atoms with Crippen molar-refractivity contribution in [2.24, 2.45) is 0 Å². The van der Waals surface area contributed by atoms with Crippen LogP contribution in [0.15, 0.2) is 29.2 Å². The van der Waals surface area contributed by atoms with Gasteiger partial charge in [0.1, 0.15) is 0 Å². The molecule has 1 fully saturated rings. The number of carbonyl (C=O) groups excluding carboxylic acids is 1. The van der Waals surface area contributed by atoms with Crippen LogP contribution < -0.4 is 10.6 Å². The summed E-state index contributed by atoms with van der Waals surface area (Å²) in [5.41, 5.74) is 0.504. The molecule has 0 radical (unpaired) electrons. The molecule has 1 aliphatic heterocycles. The zero-order valence-corrected chi connectivity index (χ0v) is 11.2. The fraction of sp³-hybridized carbons (Fsp3) is 0.462. The van der Waals surface area contributed by atoms with Gasteiger partial charge in [-0.25, -0.2) is 0 Å². The number of hydrogen-bond acceptors (Lipinski definition) is 3. The maximum atomic E-state index is 12.2. The van der Waals surface area contributed by atoms with E-state index in [1.165, 1.54) is 0 Å². The number of benzene rings is 1. The number of hydrogen-bond donors (Lipinski definition) is 2. The van der Waals surface area contributed by atoms with Gasteiger partial charge in [0.25, 0.3) is 11.7 Å². The molecular formula is C13H16F2N2OS. The van der Waals surface area contributed by atoms with Crippen molar-refractivity contribution in [2.75, 3.05) is 13.1 Å². The largest absolute Gasteiger partial charge is 0.348 e. The van der Waals surface area contributed by atoms with Crippen molar-refractivity contribution in [3.8, 4) is 0 Å².